The second kappa shape index (κ2) is 14.1. The number of hydrogen-bond donors (Lipinski definition) is 2. The molecule has 6 aromatic carbocycles. The fraction of sp³-hybridized carbons (Fsp3) is 0.163. The van der Waals surface area contributed by atoms with Crippen molar-refractivity contribution >= 4 is 11.4 Å². The van der Waals surface area contributed by atoms with Gasteiger partial charge < -0.3 is 11.5 Å². The Kier molecular flexibility index (Phi) is 9.41. The first kappa shape index (κ1) is 30.0. The molecule has 2 nitrogen and oxygen atoms in total. The first-order valence-electron chi connectivity index (χ1n) is 16.1. The topological polar surface area (TPSA) is 52.0 Å². The smallest absolute Gasteiger partial charge is 0.0353 e. The molecule has 0 bridgehead atoms. The van der Waals surface area contributed by atoms with Crippen LogP contribution in [0.15, 0.2) is 146 Å². The fourth-order valence-corrected chi connectivity index (χ4v) is 6.75. The summed E-state index contributed by atoms with van der Waals surface area (Å²) in [6.45, 7) is 2.31. The zero-order valence-corrected chi connectivity index (χ0v) is 26.1. The summed E-state index contributed by atoms with van der Waals surface area (Å²) in [4.78, 5) is 0. The van der Waals surface area contributed by atoms with Gasteiger partial charge in [-0.2, -0.15) is 0 Å². The molecule has 0 unspecified atom stereocenters. The Labute approximate surface area is 268 Å². The van der Waals surface area contributed by atoms with Crippen LogP contribution in [-0.4, -0.2) is 0 Å². The number of benzene rings is 6. The molecule has 0 heterocycles. The van der Waals surface area contributed by atoms with Gasteiger partial charge in [0.05, 0.1) is 0 Å². The largest absolute Gasteiger partial charge is 0.398 e. The van der Waals surface area contributed by atoms with Gasteiger partial charge in [0.1, 0.15) is 0 Å². The van der Waals surface area contributed by atoms with Crippen LogP contribution in [0.2, 0.25) is 0 Å². The van der Waals surface area contributed by atoms with E-state index in [1.165, 1.54) is 55.6 Å². The van der Waals surface area contributed by atoms with Crippen LogP contribution in [-0.2, 0) is 25.7 Å². The number of hydrogen-bond acceptors (Lipinski definition) is 2. The van der Waals surface area contributed by atoms with Gasteiger partial charge in [-0.1, -0.05) is 140 Å². The molecule has 0 saturated carbocycles. The molecule has 0 saturated heterocycles. The monoisotopic (exact) mass is 586 g/mol. The van der Waals surface area contributed by atoms with Crippen molar-refractivity contribution in [3.8, 4) is 0 Å². The van der Waals surface area contributed by atoms with E-state index in [1.807, 2.05) is 0 Å². The molecule has 0 amide bonds. The Morgan fingerprint density at radius 2 is 0.667 bits per heavy atom. The van der Waals surface area contributed by atoms with Gasteiger partial charge in [0.25, 0.3) is 0 Å². The lowest BCUT2D eigenvalue weighted by Crippen LogP contribution is -2.14. The summed E-state index contributed by atoms with van der Waals surface area (Å²) in [5.74, 6) is 0.188. The molecule has 0 fully saturated rings. The van der Waals surface area contributed by atoms with Crippen LogP contribution in [0, 0.1) is 0 Å². The third-order valence-electron chi connectivity index (χ3n) is 9.06. The number of nitrogens with two attached hydrogens (primary N) is 2. The molecule has 0 aliphatic heterocycles. The van der Waals surface area contributed by atoms with Crippen molar-refractivity contribution in [2.24, 2.45) is 0 Å². The maximum Gasteiger partial charge on any atom is 0.0353 e. The van der Waals surface area contributed by atoms with Crippen LogP contribution >= 0.6 is 0 Å². The highest BCUT2D eigenvalue weighted by atomic mass is 14.6. The van der Waals surface area contributed by atoms with Crippen molar-refractivity contribution in [2.75, 3.05) is 11.5 Å². The summed E-state index contributed by atoms with van der Waals surface area (Å²) < 4.78 is 0. The SMILES string of the molecule is CCC(c1ccc(N)c(Cc2ccccc2)c1Cc1ccccc1)c1ccc(N)c(Cc2ccccc2)c1Cc1ccccc1. The molecule has 0 atom stereocenters. The van der Waals surface area contributed by atoms with E-state index in [2.05, 4.69) is 153 Å². The highest BCUT2D eigenvalue weighted by Gasteiger charge is 2.25. The van der Waals surface area contributed by atoms with Gasteiger partial charge in [0.2, 0.25) is 0 Å². The molecule has 45 heavy (non-hydrogen) atoms. The van der Waals surface area contributed by atoms with E-state index in [0.717, 1.165) is 43.5 Å². The standard InChI is InChI=1S/C43H42N2/c1-2-35(36-23-25-42(44)40(29-33-19-11-5-12-20-33)38(36)27-31-15-7-3-8-16-31)37-24-26-43(45)41(30-34-21-13-6-14-22-34)39(37)28-32-17-9-4-10-18-32/h3-26,35H,2,27-30,44-45H2,1H3. The minimum atomic E-state index is 0.188. The maximum atomic E-state index is 6.82. The van der Waals surface area contributed by atoms with E-state index in [1.54, 1.807) is 0 Å². The van der Waals surface area contributed by atoms with Crippen molar-refractivity contribution < 1.29 is 0 Å². The highest BCUT2D eigenvalue weighted by Crippen LogP contribution is 2.40. The molecule has 0 aromatic heterocycles. The molecule has 224 valence electrons. The second-order valence-electron chi connectivity index (χ2n) is 12.0. The summed E-state index contributed by atoms with van der Waals surface area (Å²) >= 11 is 0. The van der Waals surface area contributed by atoms with Gasteiger partial charge in [-0.15, -0.1) is 0 Å². The van der Waals surface area contributed by atoms with Gasteiger partial charge in [0.15, 0.2) is 0 Å². The summed E-state index contributed by atoms with van der Waals surface area (Å²) in [6, 6.07) is 51.8. The van der Waals surface area contributed by atoms with Crippen molar-refractivity contribution in [1.82, 2.24) is 0 Å². The molecule has 0 aliphatic carbocycles. The van der Waals surface area contributed by atoms with Crippen LogP contribution in [0.4, 0.5) is 11.4 Å². The van der Waals surface area contributed by atoms with Crippen molar-refractivity contribution in [3.63, 3.8) is 0 Å². The van der Waals surface area contributed by atoms with Gasteiger partial charge in [-0.3, -0.25) is 0 Å². The van der Waals surface area contributed by atoms with E-state index in [0.29, 0.717) is 0 Å². The molecule has 0 spiro atoms. The Bertz CT molecular complexity index is 1690. The minimum Gasteiger partial charge on any atom is -0.398 e. The van der Waals surface area contributed by atoms with E-state index in [9.17, 15) is 0 Å². The normalized spacial score (nSPS) is 11.2. The predicted molar refractivity (Wildman–Crippen MR) is 191 cm³/mol. The first-order chi connectivity index (χ1) is 22.1. The molecule has 2 heteroatoms. The minimum absolute atomic E-state index is 0.188. The third-order valence-corrected chi connectivity index (χ3v) is 9.06. The number of anilines is 2. The van der Waals surface area contributed by atoms with E-state index in [4.69, 9.17) is 11.5 Å². The van der Waals surface area contributed by atoms with Crippen LogP contribution in [0.3, 0.4) is 0 Å². The average Bonchev–Trinajstić information content (AvgIpc) is 3.08. The molecule has 4 N–H and O–H groups in total. The van der Waals surface area contributed by atoms with Crippen molar-refractivity contribution in [1.29, 1.82) is 0 Å². The Morgan fingerprint density at radius 1 is 0.378 bits per heavy atom. The van der Waals surface area contributed by atoms with Crippen LogP contribution in [0.25, 0.3) is 0 Å². The number of nitrogen functional groups attached to an aromatic ring is 2. The molecule has 0 aliphatic rings. The Morgan fingerprint density at radius 3 is 0.956 bits per heavy atom. The third kappa shape index (κ3) is 7.02. The summed E-state index contributed by atoms with van der Waals surface area (Å²) in [5.41, 5.74) is 28.3. The zero-order valence-electron chi connectivity index (χ0n) is 26.1. The van der Waals surface area contributed by atoms with E-state index < -0.39 is 0 Å². The van der Waals surface area contributed by atoms with Crippen LogP contribution in [0.1, 0.15) is 74.9 Å². The maximum absolute atomic E-state index is 6.82. The molecule has 6 aromatic rings. The summed E-state index contributed by atoms with van der Waals surface area (Å²) in [7, 11) is 0. The van der Waals surface area contributed by atoms with Crippen molar-refractivity contribution in [2.45, 2.75) is 44.9 Å². The van der Waals surface area contributed by atoms with Gasteiger partial charge >= 0.3 is 0 Å². The molecule has 0 radical (unpaired) electrons. The lowest BCUT2D eigenvalue weighted by Gasteiger charge is -2.27. The zero-order chi connectivity index (χ0) is 31.0. The lowest BCUT2D eigenvalue weighted by atomic mass is 9.77. The van der Waals surface area contributed by atoms with Crippen LogP contribution in [0.5, 0.6) is 0 Å². The predicted octanol–water partition coefficient (Wildman–Crippen LogP) is 9.76. The summed E-state index contributed by atoms with van der Waals surface area (Å²) in [5, 5.41) is 0. The number of rotatable bonds is 11. The highest BCUT2D eigenvalue weighted by molar-refractivity contribution is 5.62. The summed E-state index contributed by atoms with van der Waals surface area (Å²) in [6.07, 6.45) is 4.24. The fourth-order valence-electron chi connectivity index (χ4n) is 6.75. The quantitative estimate of drug-likeness (QED) is 0.149. The van der Waals surface area contributed by atoms with E-state index in [-0.39, 0.29) is 5.92 Å². The Balaban J connectivity index is 1.53. The Hall–Kier alpha value is -5.08. The molecular formula is C43H42N2. The second-order valence-corrected chi connectivity index (χ2v) is 12.0. The first-order valence-corrected chi connectivity index (χ1v) is 16.1. The van der Waals surface area contributed by atoms with E-state index >= 15 is 0 Å². The molecular weight excluding hydrogens is 544 g/mol. The van der Waals surface area contributed by atoms with Gasteiger partial charge in [0, 0.05) is 17.3 Å². The lowest BCUT2D eigenvalue weighted by molar-refractivity contribution is 0.753. The van der Waals surface area contributed by atoms with Crippen molar-refractivity contribution in [3.05, 3.63) is 201 Å². The van der Waals surface area contributed by atoms with Gasteiger partial charge in [-0.05, 0) is 99.9 Å². The van der Waals surface area contributed by atoms with Gasteiger partial charge in [-0.25, -0.2) is 0 Å². The molecule has 6 rings (SSSR count). The van der Waals surface area contributed by atoms with Crippen LogP contribution < -0.4 is 11.5 Å². The average molecular weight is 587 g/mol.